The Kier molecular flexibility index (Phi) is 5.67. The summed E-state index contributed by atoms with van der Waals surface area (Å²) in [5.74, 6) is -0.190. The quantitative estimate of drug-likeness (QED) is 0.698. The zero-order chi connectivity index (χ0) is 14.5. The van der Waals surface area contributed by atoms with Gasteiger partial charge in [-0.2, -0.15) is 0 Å². The molecule has 0 aliphatic carbocycles. The summed E-state index contributed by atoms with van der Waals surface area (Å²) in [7, 11) is 1.94. The van der Waals surface area contributed by atoms with Gasteiger partial charge in [-0.25, -0.2) is 4.39 Å². The van der Waals surface area contributed by atoms with Crippen molar-refractivity contribution >= 4 is 6.29 Å². The van der Waals surface area contributed by atoms with Crippen LogP contribution >= 0.6 is 0 Å². The van der Waals surface area contributed by atoms with Crippen LogP contribution < -0.4 is 0 Å². The number of carbonyl (C=O) groups is 1. The Balaban J connectivity index is 2.80. The number of rotatable bonds is 7. The van der Waals surface area contributed by atoms with Crippen LogP contribution in [0, 0.1) is 11.2 Å². The van der Waals surface area contributed by atoms with Crippen molar-refractivity contribution in [3.8, 4) is 0 Å². The summed E-state index contributed by atoms with van der Waals surface area (Å²) >= 11 is 0. The van der Waals surface area contributed by atoms with Crippen molar-refractivity contribution in [2.45, 2.75) is 39.7 Å². The van der Waals surface area contributed by atoms with Gasteiger partial charge in [-0.1, -0.05) is 38.5 Å². The Labute approximate surface area is 115 Å². The molecule has 2 nitrogen and oxygen atoms in total. The predicted molar refractivity (Wildman–Crippen MR) is 76.5 cm³/mol. The zero-order valence-electron chi connectivity index (χ0n) is 12.3. The van der Waals surface area contributed by atoms with E-state index in [1.807, 2.05) is 31.9 Å². The molecule has 0 aliphatic heterocycles. The summed E-state index contributed by atoms with van der Waals surface area (Å²) in [6.07, 6.45) is 2.85. The number of nitrogens with zero attached hydrogens (tertiary/aromatic N) is 1. The molecule has 0 fully saturated rings. The highest BCUT2D eigenvalue weighted by Gasteiger charge is 2.27. The van der Waals surface area contributed by atoms with Crippen LogP contribution in [0.15, 0.2) is 24.3 Å². The molecule has 0 amide bonds. The summed E-state index contributed by atoms with van der Waals surface area (Å²) < 4.78 is 13.8. The van der Waals surface area contributed by atoms with Crippen molar-refractivity contribution in [2.24, 2.45) is 5.41 Å². The first-order chi connectivity index (χ1) is 8.93. The van der Waals surface area contributed by atoms with Crippen molar-refractivity contribution in [2.75, 3.05) is 13.6 Å². The largest absolute Gasteiger partial charge is 0.303 e. The molecule has 0 radical (unpaired) electrons. The molecule has 0 saturated heterocycles. The molecular weight excluding hydrogens is 241 g/mol. The Morgan fingerprint density at radius 2 is 2.05 bits per heavy atom. The summed E-state index contributed by atoms with van der Waals surface area (Å²) in [4.78, 5) is 13.3. The van der Waals surface area contributed by atoms with E-state index in [9.17, 15) is 9.18 Å². The fourth-order valence-electron chi connectivity index (χ4n) is 2.50. The van der Waals surface area contributed by atoms with Gasteiger partial charge in [0.05, 0.1) is 0 Å². The van der Waals surface area contributed by atoms with Gasteiger partial charge in [0.1, 0.15) is 12.1 Å². The lowest BCUT2D eigenvalue weighted by Gasteiger charge is -2.33. The first kappa shape index (κ1) is 15.8. The molecule has 0 aromatic heterocycles. The van der Waals surface area contributed by atoms with Gasteiger partial charge in [0.25, 0.3) is 0 Å². The van der Waals surface area contributed by atoms with E-state index in [0.717, 1.165) is 19.1 Å². The highest BCUT2D eigenvalue weighted by atomic mass is 19.1. The number of hydrogen-bond acceptors (Lipinski definition) is 2. The van der Waals surface area contributed by atoms with E-state index in [-0.39, 0.29) is 17.3 Å². The molecule has 2 atom stereocenters. The van der Waals surface area contributed by atoms with E-state index < -0.39 is 0 Å². The topological polar surface area (TPSA) is 20.3 Å². The Morgan fingerprint density at radius 1 is 1.42 bits per heavy atom. The van der Waals surface area contributed by atoms with Crippen molar-refractivity contribution in [1.29, 1.82) is 0 Å². The van der Waals surface area contributed by atoms with Gasteiger partial charge in [-0.3, -0.25) is 4.90 Å². The van der Waals surface area contributed by atoms with Crippen LogP contribution in [0.5, 0.6) is 0 Å². The average Bonchev–Trinajstić information content (AvgIpc) is 2.38. The van der Waals surface area contributed by atoms with E-state index in [1.54, 1.807) is 12.1 Å². The normalized spacial score (nSPS) is 16.1. The SMILES string of the molecule is CCCC(C)(C=O)CN(C)C(C)c1ccccc1F. The lowest BCUT2D eigenvalue weighted by atomic mass is 9.86. The summed E-state index contributed by atoms with van der Waals surface area (Å²) in [6, 6.07) is 6.77. The molecule has 106 valence electrons. The Hall–Kier alpha value is -1.22. The van der Waals surface area contributed by atoms with Crippen molar-refractivity contribution in [3.63, 3.8) is 0 Å². The minimum atomic E-state index is -0.358. The Morgan fingerprint density at radius 3 is 2.58 bits per heavy atom. The smallest absolute Gasteiger partial charge is 0.127 e. The third-order valence-electron chi connectivity index (χ3n) is 3.73. The zero-order valence-corrected chi connectivity index (χ0v) is 12.3. The fraction of sp³-hybridized carbons (Fsp3) is 0.562. The second kappa shape index (κ2) is 6.80. The molecule has 1 aromatic carbocycles. The standard InChI is InChI=1S/C16H24FNO/c1-5-10-16(3,12-19)11-18(4)13(2)14-8-6-7-9-15(14)17/h6-9,12-13H,5,10-11H2,1-4H3. The molecule has 0 bridgehead atoms. The average molecular weight is 265 g/mol. The van der Waals surface area contributed by atoms with Crippen LogP contribution in [0.2, 0.25) is 0 Å². The molecule has 0 aliphatic rings. The lowest BCUT2D eigenvalue weighted by Crippen LogP contribution is -2.36. The first-order valence-electron chi connectivity index (χ1n) is 6.84. The molecule has 3 heteroatoms. The summed E-state index contributed by atoms with van der Waals surface area (Å²) in [6.45, 7) is 6.64. The molecule has 0 N–H and O–H groups in total. The number of hydrogen-bond donors (Lipinski definition) is 0. The van der Waals surface area contributed by atoms with Crippen LogP contribution in [0.3, 0.4) is 0 Å². The first-order valence-corrected chi connectivity index (χ1v) is 6.84. The van der Waals surface area contributed by atoms with Crippen LogP contribution in [0.4, 0.5) is 4.39 Å². The third-order valence-corrected chi connectivity index (χ3v) is 3.73. The molecule has 0 heterocycles. The minimum Gasteiger partial charge on any atom is -0.303 e. The van der Waals surface area contributed by atoms with Crippen LogP contribution in [0.25, 0.3) is 0 Å². The number of halogens is 1. The van der Waals surface area contributed by atoms with E-state index in [4.69, 9.17) is 0 Å². The van der Waals surface area contributed by atoms with Crippen molar-refractivity contribution in [1.82, 2.24) is 4.90 Å². The molecular formula is C16H24FNO. The summed E-state index contributed by atoms with van der Waals surface area (Å²) in [5, 5.41) is 0. The van der Waals surface area contributed by atoms with Gasteiger partial charge < -0.3 is 4.79 Å². The van der Waals surface area contributed by atoms with E-state index in [2.05, 4.69) is 6.92 Å². The van der Waals surface area contributed by atoms with Crippen molar-refractivity contribution in [3.05, 3.63) is 35.6 Å². The van der Waals surface area contributed by atoms with Gasteiger partial charge >= 0.3 is 0 Å². The van der Waals surface area contributed by atoms with Gasteiger partial charge in [-0.05, 0) is 26.5 Å². The highest BCUT2D eigenvalue weighted by molar-refractivity contribution is 5.59. The molecule has 1 aromatic rings. The second-order valence-electron chi connectivity index (χ2n) is 5.63. The Bertz CT molecular complexity index is 421. The fourth-order valence-corrected chi connectivity index (χ4v) is 2.50. The van der Waals surface area contributed by atoms with Gasteiger partial charge in [0.15, 0.2) is 0 Å². The highest BCUT2D eigenvalue weighted by Crippen LogP contribution is 2.27. The predicted octanol–water partition coefficient (Wildman–Crippen LogP) is 3.82. The molecule has 0 saturated carbocycles. The second-order valence-corrected chi connectivity index (χ2v) is 5.63. The maximum atomic E-state index is 13.8. The monoisotopic (exact) mass is 265 g/mol. The maximum Gasteiger partial charge on any atom is 0.127 e. The maximum absolute atomic E-state index is 13.8. The van der Waals surface area contributed by atoms with E-state index >= 15 is 0 Å². The lowest BCUT2D eigenvalue weighted by molar-refractivity contribution is -0.116. The number of aldehydes is 1. The van der Waals surface area contributed by atoms with Gasteiger partial charge in [0.2, 0.25) is 0 Å². The minimum absolute atomic E-state index is 0.0441. The van der Waals surface area contributed by atoms with Crippen LogP contribution in [-0.4, -0.2) is 24.8 Å². The molecule has 0 spiro atoms. The number of carbonyl (C=O) groups excluding carboxylic acids is 1. The molecule has 19 heavy (non-hydrogen) atoms. The van der Waals surface area contributed by atoms with Crippen molar-refractivity contribution < 1.29 is 9.18 Å². The molecule has 1 rings (SSSR count). The van der Waals surface area contributed by atoms with Gasteiger partial charge in [-0.15, -0.1) is 0 Å². The third kappa shape index (κ3) is 4.13. The summed E-state index contributed by atoms with van der Waals surface area (Å²) in [5.41, 5.74) is 0.318. The van der Waals surface area contributed by atoms with Crippen LogP contribution in [-0.2, 0) is 4.79 Å². The van der Waals surface area contributed by atoms with Crippen LogP contribution in [0.1, 0.15) is 45.2 Å². The van der Waals surface area contributed by atoms with Gasteiger partial charge in [0, 0.05) is 23.6 Å². The number of benzene rings is 1. The van der Waals surface area contributed by atoms with E-state index in [0.29, 0.717) is 12.1 Å². The van der Waals surface area contributed by atoms with E-state index in [1.165, 1.54) is 6.07 Å². The molecule has 2 unspecified atom stereocenters.